The van der Waals surface area contributed by atoms with Crippen molar-refractivity contribution in [2.75, 3.05) is 13.1 Å². The number of nitrogens with one attached hydrogen (secondary N) is 1. The van der Waals surface area contributed by atoms with Crippen LogP contribution in [0.15, 0.2) is 10.8 Å². The summed E-state index contributed by atoms with van der Waals surface area (Å²) >= 11 is 0. The summed E-state index contributed by atoms with van der Waals surface area (Å²) in [5, 5.41) is 7.61. The maximum Gasteiger partial charge on any atom is 0.291 e. The summed E-state index contributed by atoms with van der Waals surface area (Å²) in [6.45, 7) is 1.49. The van der Waals surface area contributed by atoms with E-state index < -0.39 is 0 Å². The molecule has 3 saturated carbocycles. The van der Waals surface area contributed by atoms with Gasteiger partial charge in [-0.05, 0) is 50.4 Å². The third-order valence-corrected chi connectivity index (χ3v) is 6.45. The minimum absolute atomic E-state index is 0.000480. The normalized spacial score (nSPS) is 28.7. The quantitative estimate of drug-likeness (QED) is 0.893. The molecule has 0 bridgehead atoms. The second-order valence-corrected chi connectivity index (χ2v) is 8.51. The number of carbonyl (C=O) groups is 1. The van der Waals surface area contributed by atoms with Gasteiger partial charge in [-0.1, -0.05) is 0 Å². The largest absolute Gasteiger partial charge is 0.438 e. The standard InChI is InChI=1S/C19H23N5O2/c25-19(16-15(11-3-4-11)20-9-26-16)24-7-13(10-1-2-10)14(8-24)18-21-17(22-23-18)12-5-6-12/h9-14H,1-8H2,(H,21,22,23)/t13-,14+/m1/s1. The molecule has 0 unspecified atom stereocenters. The number of amides is 1. The van der Waals surface area contributed by atoms with Crippen LogP contribution in [-0.4, -0.2) is 44.1 Å². The molecule has 1 N–H and O–H groups in total. The molecule has 0 radical (unpaired) electrons. The molecular formula is C19H23N5O2. The van der Waals surface area contributed by atoms with Gasteiger partial charge in [0.15, 0.2) is 12.2 Å². The number of rotatable bonds is 5. The lowest BCUT2D eigenvalue weighted by atomic mass is 9.91. The summed E-state index contributed by atoms with van der Waals surface area (Å²) in [6.07, 6.45) is 8.59. The van der Waals surface area contributed by atoms with Crippen molar-refractivity contribution in [3.8, 4) is 0 Å². The van der Waals surface area contributed by atoms with Crippen LogP contribution < -0.4 is 0 Å². The molecule has 1 aliphatic heterocycles. The molecule has 7 heteroatoms. The molecule has 4 fully saturated rings. The molecule has 3 heterocycles. The summed E-state index contributed by atoms with van der Waals surface area (Å²) in [5.41, 5.74) is 0.858. The maximum atomic E-state index is 13.1. The zero-order valence-electron chi connectivity index (χ0n) is 14.7. The number of aromatic nitrogens is 4. The topological polar surface area (TPSA) is 87.9 Å². The number of likely N-dealkylation sites (tertiary alicyclic amines) is 1. The molecule has 6 rings (SSSR count). The van der Waals surface area contributed by atoms with E-state index in [1.807, 2.05) is 4.90 Å². The van der Waals surface area contributed by atoms with E-state index in [4.69, 9.17) is 9.40 Å². The van der Waals surface area contributed by atoms with Gasteiger partial charge in [-0.25, -0.2) is 9.97 Å². The maximum absolute atomic E-state index is 13.1. The zero-order valence-corrected chi connectivity index (χ0v) is 14.7. The average molecular weight is 353 g/mol. The molecule has 7 nitrogen and oxygen atoms in total. The van der Waals surface area contributed by atoms with Crippen molar-refractivity contribution in [1.29, 1.82) is 0 Å². The SMILES string of the molecule is O=C(c1ocnc1C1CC1)N1C[C@H](c2nc(C3CC3)n[nH]2)[C@@H](C2CC2)C1. The lowest BCUT2D eigenvalue weighted by Crippen LogP contribution is -2.29. The Hall–Kier alpha value is -2.18. The number of hydrogen-bond donors (Lipinski definition) is 1. The number of hydrogen-bond acceptors (Lipinski definition) is 5. The number of aromatic amines is 1. The van der Waals surface area contributed by atoms with Crippen LogP contribution in [0.3, 0.4) is 0 Å². The van der Waals surface area contributed by atoms with E-state index in [0.717, 1.165) is 36.7 Å². The molecular weight excluding hydrogens is 330 g/mol. The summed E-state index contributed by atoms with van der Waals surface area (Å²) in [7, 11) is 0. The van der Waals surface area contributed by atoms with E-state index in [1.54, 1.807) is 0 Å². The lowest BCUT2D eigenvalue weighted by molar-refractivity contribution is 0.0751. The highest BCUT2D eigenvalue weighted by Crippen LogP contribution is 2.48. The number of nitrogens with zero attached hydrogens (tertiary/aromatic N) is 4. The van der Waals surface area contributed by atoms with Crippen LogP contribution in [0.1, 0.15) is 84.2 Å². The van der Waals surface area contributed by atoms with E-state index >= 15 is 0 Å². The van der Waals surface area contributed by atoms with E-state index in [2.05, 4.69) is 15.2 Å². The van der Waals surface area contributed by atoms with Crippen molar-refractivity contribution >= 4 is 5.91 Å². The molecule has 4 aliphatic rings. The Morgan fingerprint density at radius 1 is 1.12 bits per heavy atom. The molecule has 1 saturated heterocycles. The number of H-pyrrole nitrogens is 1. The number of oxazole rings is 1. The van der Waals surface area contributed by atoms with Crippen molar-refractivity contribution in [2.45, 2.75) is 56.3 Å². The van der Waals surface area contributed by atoms with E-state index in [9.17, 15) is 4.79 Å². The first kappa shape index (κ1) is 14.9. The Bertz CT molecular complexity index is 846. The van der Waals surface area contributed by atoms with Gasteiger partial charge in [0.2, 0.25) is 5.76 Å². The summed E-state index contributed by atoms with van der Waals surface area (Å²) < 4.78 is 5.50. The van der Waals surface area contributed by atoms with Crippen LogP contribution >= 0.6 is 0 Å². The zero-order chi connectivity index (χ0) is 17.3. The van der Waals surface area contributed by atoms with Crippen LogP contribution in [0.5, 0.6) is 0 Å². The van der Waals surface area contributed by atoms with Crippen LogP contribution in [0.25, 0.3) is 0 Å². The van der Waals surface area contributed by atoms with Crippen LogP contribution in [-0.2, 0) is 0 Å². The molecule has 26 heavy (non-hydrogen) atoms. The first-order chi connectivity index (χ1) is 12.8. The van der Waals surface area contributed by atoms with Crippen LogP contribution in [0.4, 0.5) is 0 Å². The fraction of sp³-hybridized carbons (Fsp3) is 0.684. The molecule has 2 aromatic rings. The lowest BCUT2D eigenvalue weighted by Gasteiger charge is -2.15. The van der Waals surface area contributed by atoms with Gasteiger partial charge < -0.3 is 9.32 Å². The van der Waals surface area contributed by atoms with Gasteiger partial charge >= 0.3 is 0 Å². The Kier molecular flexibility index (Phi) is 3.11. The fourth-order valence-electron chi connectivity index (χ4n) is 4.47. The first-order valence-corrected chi connectivity index (χ1v) is 9.92. The van der Waals surface area contributed by atoms with Crippen molar-refractivity contribution in [2.24, 2.45) is 11.8 Å². The van der Waals surface area contributed by atoms with E-state index in [1.165, 1.54) is 32.1 Å². The molecule has 0 aromatic carbocycles. The van der Waals surface area contributed by atoms with Gasteiger partial charge in [-0.3, -0.25) is 9.89 Å². The van der Waals surface area contributed by atoms with Gasteiger partial charge in [-0.2, -0.15) is 5.10 Å². The van der Waals surface area contributed by atoms with Crippen molar-refractivity contribution in [3.63, 3.8) is 0 Å². The average Bonchev–Trinajstić information content (AvgIpc) is 3.62. The highest BCUT2D eigenvalue weighted by Gasteiger charge is 2.47. The molecule has 136 valence electrons. The van der Waals surface area contributed by atoms with Gasteiger partial charge in [-0.15, -0.1) is 0 Å². The second-order valence-electron chi connectivity index (χ2n) is 8.51. The van der Waals surface area contributed by atoms with Gasteiger partial charge in [0.05, 0.1) is 5.69 Å². The van der Waals surface area contributed by atoms with Crippen LogP contribution in [0.2, 0.25) is 0 Å². The summed E-state index contributed by atoms with van der Waals surface area (Å²) in [5.74, 6) is 4.81. The van der Waals surface area contributed by atoms with Crippen LogP contribution in [0, 0.1) is 11.8 Å². The predicted molar refractivity (Wildman–Crippen MR) is 91.7 cm³/mol. The van der Waals surface area contributed by atoms with Crippen molar-refractivity contribution in [3.05, 3.63) is 29.5 Å². The Labute approximate surface area is 151 Å². The molecule has 3 aliphatic carbocycles. The molecule has 2 atom stereocenters. The molecule has 2 aromatic heterocycles. The predicted octanol–water partition coefficient (Wildman–Crippen LogP) is 2.81. The highest BCUT2D eigenvalue weighted by molar-refractivity contribution is 5.93. The van der Waals surface area contributed by atoms with Crippen molar-refractivity contribution < 1.29 is 9.21 Å². The minimum Gasteiger partial charge on any atom is -0.438 e. The first-order valence-electron chi connectivity index (χ1n) is 9.92. The minimum atomic E-state index is -0.000480. The fourth-order valence-corrected chi connectivity index (χ4v) is 4.47. The Morgan fingerprint density at radius 2 is 1.92 bits per heavy atom. The highest BCUT2D eigenvalue weighted by atomic mass is 16.3. The van der Waals surface area contributed by atoms with Gasteiger partial charge in [0.1, 0.15) is 5.82 Å². The van der Waals surface area contributed by atoms with E-state index in [0.29, 0.717) is 36.0 Å². The Balaban J connectivity index is 1.26. The molecule has 0 spiro atoms. The smallest absolute Gasteiger partial charge is 0.291 e. The third kappa shape index (κ3) is 2.47. The third-order valence-electron chi connectivity index (χ3n) is 6.45. The summed E-state index contributed by atoms with van der Waals surface area (Å²) in [4.78, 5) is 24.1. The van der Waals surface area contributed by atoms with Gasteiger partial charge in [0, 0.05) is 30.8 Å². The van der Waals surface area contributed by atoms with Gasteiger partial charge in [0.25, 0.3) is 5.91 Å². The second kappa shape index (κ2) is 5.41. The number of carbonyl (C=O) groups excluding carboxylic acids is 1. The molecule has 1 amide bonds. The summed E-state index contributed by atoms with van der Waals surface area (Å²) in [6, 6.07) is 0. The Morgan fingerprint density at radius 3 is 2.65 bits per heavy atom. The van der Waals surface area contributed by atoms with E-state index in [-0.39, 0.29) is 11.8 Å². The van der Waals surface area contributed by atoms with Crippen molar-refractivity contribution in [1.82, 2.24) is 25.1 Å². The monoisotopic (exact) mass is 353 g/mol.